The number of nitrogens with one attached hydrogen (secondary N) is 1. The summed E-state index contributed by atoms with van der Waals surface area (Å²) in [5.74, 6) is 0.925. The van der Waals surface area contributed by atoms with E-state index in [4.69, 9.17) is 16.3 Å². The number of hydrogen-bond donors (Lipinski definition) is 1. The molecule has 0 heterocycles. The zero-order valence-electron chi connectivity index (χ0n) is 11.7. The van der Waals surface area contributed by atoms with Gasteiger partial charge < -0.3 is 10.1 Å². The Kier molecular flexibility index (Phi) is 3.63. The van der Waals surface area contributed by atoms with Crippen molar-refractivity contribution in [2.75, 3.05) is 11.9 Å². The molecule has 20 heavy (non-hydrogen) atoms. The maximum Gasteiger partial charge on any atom is 0.332 e. The van der Waals surface area contributed by atoms with Gasteiger partial charge in [-0.05, 0) is 62.6 Å². The summed E-state index contributed by atoms with van der Waals surface area (Å²) in [7, 11) is 0. The van der Waals surface area contributed by atoms with Crippen molar-refractivity contribution in [3.63, 3.8) is 0 Å². The molecule has 0 amide bonds. The van der Waals surface area contributed by atoms with Gasteiger partial charge in [0.15, 0.2) is 0 Å². The third-order valence-electron chi connectivity index (χ3n) is 4.68. The molecule has 0 saturated heterocycles. The van der Waals surface area contributed by atoms with Crippen molar-refractivity contribution in [2.45, 2.75) is 38.1 Å². The van der Waals surface area contributed by atoms with E-state index in [1.54, 1.807) is 0 Å². The number of fused-ring (bicyclic) bond motifs is 2. The number of halogens is 1. The van der Waals surface area contributed by atoms with Crippen LogP contribution in [-0.2, 0) is 9.53 Å². The zero-order chi connectivity index (χ0) is 14.2. The third kappa shape index (κ3) is 2.28. The number of ether oxygens (including phenoxy) is 1. The molecule has 2 aliphatic carbocycles. The minimum absolute atomic E-state index is 0.104. The zero-order valence-corrected chi connectivity index (χ0v) is 12.5. The van der Waals surface area contributed by atoms with Crippen LogP contribution >= 0.6 is 11.6 Å². The summed E-state index contributed by atoms with van der Waals surface area (Å²) in [5.41, 5.74) is 0.349. The molecule has 0 spiro atoms. The van der Waals surface area contributed by atoms with Crippen LogP contribution in [0.5, 0.6) is 0 Å². The molecule has 3 nitrogen and oxygen atoms in total. The van der Waals surface area contributed by atoms with E-state index in [1.807, 2.05) is 31.2 Å². The molecule has 0 radical (unpaired) electrons. The van der Waals surface area contributed by atoms with E-state index in [1.165, 1.54) is 6.42 Å². The van der Waals surface area contributed by atoms with Gasteiger partial charge in [-0.25, -0.2) is 4.79 Å². The first-order valence-corrected chi connectivity index (χ1v) is 7.73. The Bertz CT molecular complexity index is 519. The van der Waals surface area contributed by atoms with Crippen LogP contribution in [0.1, 0.15) is 32.6 Å². The Morgan fingerprint density at radius 1 is 1.50 bits per heavy atom. The summed E-state index contributed by atoms with van der Waals surface area (Å²) < 4.78 is 5.35. The third-order valence-corrected chi connectivity index (χ3v) is 4.92. The van der Waals surface area contributed by atoms with Gasteiger partial charge >= 0.3 is 5.97 Å². The van der Waals surface area contributed by atoms with Crippen molar-refractivity contribution in [3.8, 4) is 0 Å². The minimum Gasteiger partial charge on any atom is -0.464 e. The summed E-state index contributed by atoms with van der Waals surface area (Å²) >= 11 is 6.04. The van der Waals surface area contributed by atoms with E-state index in [2.05, 4.69) is 5.32 Å². The first-order valence-electron chi connectivity index (χ1n) is 7.35. The quantitative estimate of drug-likeness (QED) is 0.856. The van der Waals surface area contributed by atoms with E-state index in [-0.39, 0.29) is 5.97 Å². The van der Waals surface area contributed by atoms with Gasteiger partial charge in [-0.1, -0.05) is 17.7 Å². The maximum atomic E-state index is 12.5. The van der Waals surface area contributed by atoms with Crippen LogP contribution < -0.4 is 5.32 Å². The lowest BCUT2D eigenvalue weighted by Crippen LogP contribution is -2.51. The van der Waals surface area contributed by atoms with Crippen LogP contribution in [0.15, 0.2) is 24.3 Å². The SMILES string of the molecule is CCOC(=O)C1(Nc2cccc(Cl)c2)CC2CCC1C2. The lowest BCUT2D eigenvalue weighted by atomic mass is 9.80. The fourth-order valence-electron chi connectivity index (χ4n) is 3.87. The topological polar surface area (TPSA) is 38.3 Å². The van der Waals surface area contributed by atoms with Crippen molar-refractivity contribution in [1.29, 1.82) is 0 Å². The molecule has 3 unspecified atom stereocenters. The number of rotatable bonds is 4. The van der Waals surface area contributed by atoms with Crippen LogP contribution in [0.3, 0.4) is 0 Å². The molecule has 2 saturated carbocycles. The first kappa shape index (κ1) is 13.7. The van der Waals surface area contributed by atoms with E-state index in [0.717, 1.165) is 24.9 Å². The summed E-state index contributed by atoms with van der Waals surface area (Å²) in [4.78, 5) is 12.5. The van der Waals surface area contributed by atoms with Crippen molar-refractivity contribution in [2.24, 2.45) is 11.8 Å². The highest BCUT2D eigenvalue weighted by atomic mass is 35.5. The summed E-state index contributed by atoms with van der Waals surface area (Å²) in [6.07, 6.45) is 4.36. The average Bonchev–Trinajstić information content (AvgIpc) is 3.00. The van der Waals surface area contributed by atoms with Crippen molar-refractivity contribution in [1.82, 2.24) is 0 Å². The number of hydrogen-bond acceptors (Lipinski definition) is 3. The van der Waals surface area contributed by atoms with Gasteiger partial charge in [0.05, 0.1) is 6.61 Å². The van der Waals surface area contributed by atoms with E-state index in [0.29, 0.717) is 23.5 Å². The Morgan fingerprint density at radius 2 is 2.35 bits per heavy atom. The Balaban J connectivity index is 1.89. The Labute approximate surface area is 124 Å². The van der Waals surface area contributed by atoms with Gasteiger partial charge in [0.1, 0.15) is 5.54 Å². The second-order valence-corrected chi connectivity index (χ2v) is 6.34. The fraction of sp³-hybridized carbons (Fsp3) is 0.562. The highest BCUT2D eigenvalue weighted by molar-refractivity contribution is 6.30. The molecule has 1 N–H and O–H groups in total. The maximum absolute atomic E-state index is 12.5. The number of benzene rings is 1. The number of carbonyl (C=O) groups excluding carboxylic acids is 1. The van der Waals surface area contributed by atoms with E-state index in [9.17, 15) is 4.79 Å². The molecule has 0 aromatic heterocycles. The van der Waals surface area contributed by atoms with Gasteiger partial charge in [0.2, 0.25) is 0 Å². The van der Waals surface area contributed by atoms with Crippen LogP contribution in [-0.4, -0.2) is 18.1 Å². The predicted octanol–water partition coefficient (Wildman–Crippen LogP) is 3.87. The summed E-state index contributed by atoms with van der Waals surface area (Å²) in [5, 5.41) is 4.13. The average molecular weight is 294 g/mol. The molecular formula is C16H20ClNO2. The van der Waals surface area contributed by atoms with Crippen molar-refractivity contribution < 1.29 is 9.53 Å². The first-order chi connectivity index (χ1) is 9.64. The Hall–Kier alpha value is -1.22. The molecule has 3 rings (SSSR count). The van der Waals surface area contributed by atoms with E-state index < -0.39 is 5.54 Å². The van der Waals surface area contributed by atoms with Crippen LogP contribution in [0.25, 0.3) is 0 Å². The normalized spacial score (nSPS) is 31.3. The highest BCUT2D eigenvalue weighted by Gasteiger charge is 2.56. The number of esters is 1. The monoisotopic (exact) mass is 293 g/mol. The lowest BCUT2D eigenvalue weighted by molar-refractivity contribution is -0.150. The summed E-state index contributed by atoms with van der Waals surface area (Å²) in [6.45, 7) is 2.29. The minimum atomic E-state index is -0.552. The van der Waals surface area contributed by atoms with Crippen LogP contribution in [0, 0.1) is 11.8 Å². The predicted molar refractivity (Wildman–Crippen MR) is 79.9 cm³/mol. The van der Waals surface area contributed by atoms with Crippen molar-refractivity contribution >= 4 is 23.3 Å². The number of carbonyl (C=O) groups is 1. The highest BCUT2D eigenvalue weighted by Crippen LogP contribution is 2.52. The smallest absolute Gasteiger partial charge is 0.332 e. The Morgan fingerprint density at radius 3 is 2.95 bits per heavy atom. The largest absolute Gasteiger partial charge is 0.464 e. The molecule has 2 bridgehead atoms. The molecule has 2 fully saturated rings. The second kappa shape index (κ2) is 5.28. The van der Waals surface area contributed by atoms with Gasteiger partial charge in [0, 0.05) is 10.7 Å². The molecule has 4 heteroatoms. The molecule has 108 valence electrons. The van der Waals surface area contributed by atoms with E-state index >= 15 is 0 Å². The van der Waals surface area contributed by atoms with Crippen LogP contribution in [0.4, 0.5) is 5.69 Å². The number of anilines is 1. The standard InChI is InChI=1S/C16H20ClNO2/c1-2-20-15(19)16(10-11-6-7-12(16)8-11)18-14-5-3-4-13(17)9-14/h3-5,9,11-12,18H,2,6-8,10H2,1H3. The molecule has 1 aromatic rings. The van der Waals surface area contributed by atoms with Crippen LogP contribution in [0.2, 0.25) is 5.02 Å². The molecule has 1 aromatic carbocycles. The van der Waals surface area contributed by atoms with Gasteiger partial charge in [0.25, 0.3) is 0 Å². The molecule has 2 aliphatic rings. The molecule has 3 atom stereocenters. The van der Waals surface area contributed by atoms with Crippen molar-refractivity contribution in [3.05, 3.63) is 29.3 Å². The molecule has 0 aliphatic heterocycles. The summed E-state index contributed by atoms with van der Waals surface area (Å²) in [6, 6.07) is 7.56. The lowest BCUT2D eigenvalue weighted by Gasteiger charge is -2.37. The van der Waals surface area contributed by atoms with Gasteiger partial charge in [-0.2, -0.15) is 0 Å². The second-order valence-electron chi connectivity index (χ2n) is 5.91. The van der Waals surface area contributed by atoms with Gasteiger partial charge in [-0.15, -0.1) is 0 Å². The van der Waals surface area contributed by atoms with Gasteiger partial charge in [-0.3, -0.25) is 0 Å². The molecular weight excluding hydrogens is 274 g/mol. The fourth-order valence-corrected chi connectivity index (χ4v) is 4.06.